The molecule has 0 aliphatic rings. The van der Waals surface area contributed by atoms with Gasteiger partial charge in [-0.25, -0.2) is 14.0 Å². The highest BCUT2D eigenvalue weighted by Crippen LogP contribution is 2.17. The topological polar surface area (TPSA) is 69.6 Å². The molecule has 1 aromatic carbocycles. The summed E-state index contributed by atoms with van der Waals surface area (Å²) >= 11 is 0. The quantitative estimate of drug-likeness (QED) is 0.882. The Balaban J connectivity index is 2.87. The molecule has 1 aromatic rings. The van der Waals surface area contributed by atoms with Crippen molar-refractivity contribution in [3.8, 4) is 0 Å². The van der Waals surface area contributed by atoms with Gasteiger partial charge in [0, 0.05) is 13.6 Å². The molecule has 0 radical (unpaired) electrons. The molecule has 0 aromatic heterocycles. The Hall–Kier alpha value is -2.11. The van der Waals surface area contributed by atoms with Gasteiger partial charge >= 0.3 is 12.0 Å². The summed E-state index contributed by atoms with van der Waals surface area (Å²) in [6.45, 7) is 4.46. The third kappa shape index (κ3) is 4.24. The molecule has 0 aliphatic carbocycles. The van der Waals surface area contributed by atoms with Gasteiger partial charge in [0.15, 0.2) is 0 Å². The van der Waals surface area contributed by atoms with E-state index in [0.717, 1.165) is 12.1 Å². The fraction of sp³-hybridized carbons (Fsp3) is 0.385. The van der Waals surface area contributed by atoms with Gasteiger partial charge in [0.2, 0.25) is 0 Å². The lowest BCUT2D eigenvalue weighted by molar-refractivity contribution is 0.0697. The molecule has 104 valence electrons. The van der Waals surface area contributed by atoms with Crippen LogP contribution in [0.4, 0.5) is 14.9 Å². The summed E-state index contributed by atoms with van der Waals surface area (Å²) in [5, 5.41) is 11.4. The van der Waals surface area contributed by atoms with Gasteiger partial charge in [0.1, 0.15) is 5.82 Å². The Morgan fingerprint density at radius 1 is 1.42 bits per heavy atom. The van der Waals surface area contributed by atoms with Gasteiger partial charge in [0.25, 0.3) is 0 Å². The summed E-state index contributed by atoms with van der Waals surface area (Å²) in [5.41, 5.74) is -0.194. The van der Waals surface area contributed by atoms with Crippen molar-refractivity contribution in [2.45, 2.75) is 13.8 Å². The van der Waals surface area contributed by atoms with E-state index in [-0.39, 0.29) is 11.3 Å². The number of nitrogens with zero attached hydrogens (tertiary/aromatic N) is 1. The number of aromatic carboxylic acids is 1. The molecule has 5 nitrogen and oxygen atoms in total. The third-order valence-corrected chi connectivity index (χ3v) is 2.44. The van der Waals surface area contributed by atoms with Crippen molar-refractivity contribution in [1.82, 2.24) is 4.90 Å². The van der Waals surface area contributed by atoms with Crippen LogP contribution in [0.1, 0.15) is 24.2 Å². The smallest absolute Gasteiger partial charge is 0.337 e. The van der Waals surface area contributed by atoms with Crippen molar-refractivity contribution in [2.24, 2.45) is 5.92 Å². The van der Waals surface area contributed by atoms with E-state index < -0.39 is 17.8 Å². The standard InChI is InChI=1S/C13H17FN2O3/c1-8(2)7-16(3)13(19)15-11-5-4-9(14)6-10(11)12(17)18/h4-6,8H,7H2,1-3H3,(H,15,19)(H,17,18). The first-order valence-corrected chi connectivity index (χ1v) is 5.86. The van der Waals surface area contributed by atoms with Crippen molar-refractivity contribution >= 4 is 17.7 Å². The zero-order valence-corrected chi connectivity index (χ0v) is 11.1. The highest BCUT2D eigenvalue weighted by Gasteiger charge is 2.16. The van der Waals surface area contributed by atoms with Crippen LogP contribution in [0.25, 0.3) is 0 Å². The highest BCUT2D eigenvalue weighted by molar-refractivity contribution is 5.99. The summed E-state index contributed by atoms with van der Waals surface area (Å²) in [7, 11) is 1.61. The molecule has 0 spiro atoms. The largest absolute Gasteiger partial charge is 0.478 e. The van der Waals surface area contributed by atoms with Crippen LogP contribution < -0.4 is 5.32 Å². The zero-order valence-electron chi connectivity index (χ0n) is 11.1. The van der Waals surface area contributed by atoms with E-state index in [2.05, 4.69) is 5.32 Å². The van der Waals surface area contributed by atoms with Crippen molar-refractivity contribution in [2.75, 3.05) is 18.9 Å². The number of amides is 2. The predicted octanol–water partition coefficient (Wildman–Crippen LogP) is 2.64. The van der Waals surface area contributed by atoms with Crippen LogP contribution in [-0.4, -0.2) is 35.6 Å². The lowest BCUT2D eigenvalue weighted by Gasteiger charge is -2.20. The second-order valence-electron chi connectivity index (χ2n) is 4.70. The Labute approximate surface area is 111 Å². The molecule has 1 rings (SSSR count). The third-order valence-electron chi connectivity index (χ3n) is 2.44. The Bertz CT molecular complexity index is 489. The summed E-state index contributed by atoms with van der Waals surface area (Å²) < 4.78 is 13.0. The number of nitrogens with one attached hydrogen (secondary N) is 1. The van der Waals surface area contributed by atoms with Crippen molar-refractivity contribution < 1.29 is 19.1 Å². The molecule has 0 unspecified atom stereocenters. The van der Waals surface area contributed by atoms with Gasteiger partial charge in [-0.3, -0.25) is 0 Å². The fourth-order valence-corrected chi connectivity index (χ4v) is 1.64. The Morgan fingerprint density at radius 3 is 2.58 bits per heavy atom. The molecule has 0 bridgehead atoms. The minimum Gasteiger partial charge on any atom is -0.478 e. The number of carboxylic acids is 1. The number of carbonyl (C=O) groups excluding carboxylic acids is 1. The average molecular weight is 268 g/mol. The van der Waals surface area contributed by atoms with Gasteiger partial charge in [-0.2, -0.15) is 0 Å². The van der Waals surface area contributed by atoms with Gasteiger partial charge < -0.3 is 15.3 Å². The second-order valence-corrected chi connectivity index (χ2v) is 4.70. The van der Waals surface area contributed by atoms with E-state index in [1.165, 1.54) is 11.0 Å². The normalized spacial score (nSPS) is 10.4. The highest BCUT2D eigenvalue weighted by atomic mass is 19.1. The SMILES string of the molecule is CC(C)CN(C)C(=O)Nc1ccc(F)cc1C(=O)O. The predicted molar refractivity (Wildman–Crippen MR) is 69.8 cm³/mol. The first-order valence-electron chi connectivity index (χ1n) is 5.86. The number of carboxylic acid groups (broad SMARTS) is 1. The van der Waals surface area contributed by atoms with Crippen molar-refractivity contribution in [1.29, 1.82) is 0 Å². The monoisotopic (exact) mass is 268 g/mol. The van der Waals surface area contributed by atoms with Gasteiger partial charge in [-0.05, 0) is 24.1 Å². The molecule has 0 atom stereocenters. The van der Waals surface area contributed by atoms with Crippen molar-refractivity contribution in [3.05, 3.63) is 29.6 Å². The lowest BCUT2D eigenvalue weighted by Crippen LogP contribution is -2.34. The van der Waals surface area contributed by atoms with Crippen LogP contribution in [0.15, 0.2) is 18.2 Å². The second kappa shape index (κ2) is 6.17. The van der Waals surface area contributed by atoms with Crippen molar-refractivity contribution in [3.63, 3.8) is 0 Å². The Kier molecular flexibility index (Phi) is 4.86. The first kappa shape index (κ1) is 14.9. The van der Waals surface area contributed by atoms with Crippen LogP contribution in [0, 0.1) is 11.7 Å². The molecule has 2 amide bonds. The molecular formula is C13H17FN2O3. The van der Waals surface area contributed by atoms with E-state index >= 15 is 0 Å². The number of halogens is 1. The van der Waals surface area contributed by atoms with E-state index in [0.29, 0.717) is 12.5 Å². The number of hydrogen-bond acceptors (Lipinski definition) is 2. The first-order chi connectivity index (χ1) is 8.81. The van der Waals surface area contributed by atoms with E-state index in [9.17, 15) is 14.0 Å². The molecule has 6 heteroatoms. The summed E-state index contributed by atoms with van der Waals surface area (Å²) in [4.78, 5) is 24.3. The summed E-state index contributed by atoms with van der Waals surface area (Å²) in [5.74, 6) is -1.66. The molecule has 0 heterocycles. The lowest BCUT2D eigenvalue weighted by atomic mass is 10.1. The van der Waals surface area contributed by atoms with E-state index in [1.54, 1.807) is 7.05 Å². The molecule has 2 N–H and O–H groups in total. The molecular weight excluding hydrogens is 251 g/mol. The Morgan fingerprint density at radius 2 is 2.05 bits per heavy atom. The number of hydrogen-bond donors (Lipinski definition) is 2. The maximum absolute atomic E-state index is 13.0. The molecule has 0 aliphatic heterocycles. The zero-order chi connectivity index (χ0) is 14.6. The average Bonchev–Trinajstić information content (AvgIpc) is 2.30. The molecule has 0 fully saturated rings. The molecule has 0 saturated carbocycles. The minimum atomic E-state index is -1.29. The van der Waals surface area contributed by atoms with Crippen LogP contribution >= 0.6 is 0 Å². The maximum Gasteiger partial charge on any atom is 0.337 e. The number of benzene rings is 1. The molecule has 0 saturated heterocycles. The van der Waals surface area contributed by atoms with Gasteiger partial charge in [-0.1, -0.05) is 13.8 Å². The minimum absolute atomic E-state index is 0.0782. The number of urea groups is 1. The number of anilines is 1. The van der Waals surface area contributed by atoms with Crippen LogP contribution in [0.2, 0.25) is 0 Å². The van der Waals surface area contributed by atoms with E-state index in [4.69, 9.17) is 5.11 Å². The van der Waals surface area contributed by atoms with Gasteiger partial charge in [0.05, 0.1) is 11.3 Å². The van der Waals surface area contributed by atoms with Crippen LogP contribution in [0.5, 0.6) is 0 Å². The maximum atomic E-state index is 13.0. The number of carbonyl (C=O) groups is 2. The fourth-order valence-electron chi connectivity index (χ4n) is 1.64. The number of rotatable bonds is 4. The van der Waals surface area contributed by atoms with Crippen LogP contribution in [-0.2, 0) is 0 Å². The molecule has 19 heavy (non-hydrogen) atoms. The van der Waals surface area contributed by atoms with E-state index in [1.807, 2.05) is 13.8 Å². The van der Waals surface area contributed by atoms with Crippen LogP contribution in [0.3, 0.4) is 0 Å². The van der Waals surface area contributed by atoms with Gasteiger partial charge in [-0.15, -0.1) is 0 Å². The summed E-state index contributed by atoms with van der Waals surface area (Å²) in [6, 6.07) is 2.79. The summed E-state index contributed by atoms with van der Waals surface area (Å²) in [6.07, 6.45) is 0.